The number of hydrogen-bond donors (Lipinski definition) is 1. The Morgan fingerprint density at radius 1 is 1.25 bits per heavy atom. The molecule has 0 bridgehead atoms. The predicted octanol–water partition coefficient (Wildman–Crippen LogP) is 3.16. The van der Waals surface area contributed by atoms with E-state index in [0.717, 1.165) is 24.2 Å². The van der Waals surface area contributed by atoms with Crippen LogP contribution in [0.3, 0.4) is 0 Å². The van der Waals surface area contributed by atoms with E-state index in [1.807, 2.05) is 6.20 Å². The zero-order valence-corrected chi connectivity index (χ0v) is 13.0. The van der Waals surface area contributed by atoms with Crippen LogP contribution in [-0.2, 0) is 13.5 Å². The highest BCUT2D eigenvalue weighted by molar-refractivity contribution is 4.97. The lowest BCUT2D eigenvalue weighted by molar-refractivity contribution is 0.110. The number of rotatable bonds is 4. The molecule has 3 heteroatoms. The van der Waals surface area contributed by atoms with Gasteiger partial charge in [-0.25, -0.2) is 4.98 Å². The van der Waals surface area contributed by atoms with Crippen molar-refractivity contribution in [2.75, 3.05) is 7.05 Å². The molecule has 0 aromatic carbocycles. The van der Waals surface area contributed by atoms with Gasteiger partial charge in [-0.15, -0.1) is 0 Å². The lowest BCUT2D eigenvalue weighted by Crippen LogP contribution is -2.41. The Kier molecular flexibility index (Phi) is 4.45. The molecule has 1 N–H and O–H groups in total. The second-order valence-electron chi connectivity index (χ2n) is 6.93. The molecule has 0 amide bonds. The van der Waals surface area contributed by atoms with Crippen LogP contribution in [0.1, 0.15) is 50.8 Å². The standard InChI is InChI=1S/C17H29N3/c1-18-16(12-17-19-9-10-20(17)2)15-8-7-13-5-3-4-6-14(13)11-15/h9-10,13-16,18H,3-8,11-12H2,1-2H3. The summed E-state index contributed by atoms with van der Waals surface area (Å²) in [5.74, 6) is 4.12. The van der Waals surface area contributed by atoms with Gasteiger partial charge in [-0.05, 0) is 44.1 Å². The number of hydrogen-bond acceptors (Lipinski definition) is 2. The van der Waals surface area contributed by atoms with Crippen molar-refractivity contribution < 1.29 is 0 Å². The molecule has 112 valence electrons. The average Bonchev–Trinajstić information content (AvgIpc) is 2.89. The van der Waals surface area contributed by atoms with Crippen molar-refractivity contribution in [3.63, 3.8) is 0 Å². The summed E-state index contributed by atoms with van der Waals surface area (Å²) in [5, 5.41) is 3.58. The van der Waals surface area contributed by atoms with Gasteiger partial charge in [-0.1, -0.05) is 25.7 Å². The van der Waals surface area contributed by atoms with Gasteiger partial charge in [0.15, 0.2) is 0 Å². The first kappa shape index (κ1) is 14.1. The minimum atomic E-state index is 0.596. The molecule has 0 radical (unpaired) electrons. The van der Waals surface area contributed by atoms with Gasteiger partial charge in [0.2, 0.25) is 0 Å². The lowest BCUT2D eigenvalue weighted by atomic mass is 9.66. The highest BCUT2D eigenvalue weighted by Crippen LogP contribution is 2.43. The van der Waals surface area contributed by atoms with E-state index < -0.39 is 0 Å². The third-order valence-corrected chi connectivity index (χ3v) is 5.84. The SMILES string of the molecule is CNC(Cc1nccn1C)C1CCC2CCCCC2C1. The molecule has 3 rings (SSSR count). The number of likely N-dealkylation sites (N-methyl/N-ethyl adjacent to an activating group) is 1. The third kappa shape index (κ3) is 2.93. The first-order valence-electron chi connectivity index (χ1n) is 8.41. The van der Waals surface area contributed by atoms with Crippen molar-refractivity contribution in [1.29, 1.82) is 0 Å². The molecule has 3 nitrogen and oxygen atoms in total. The molecule has 0 aliphatic heterocycles. The van der Waals surface area contributed by atoms with Crippen LogP contribution in [-0.4, -0.2) is 22.6 Å². The molecule has 1 aromatic rings. The second-order valence-corrected chi connectivity index (χ2v) is 6.93. The summed E-state index contributed by atoms with van der Waals surface area (Å²) in [6.07, 6.45) is 15.3. The fraction of sp³-hybridized carbons (Fsp3) is 0.824. The van der Waals surface area contributed by atoms with E-state index in [-0.39, 0.29) is 0 Å². The van der Waals surface area contributed by atoms with Gasteiger partial charge >= 0.3 is 0 Å². The number of nitrogens with zero attached hydrogens (tertiary/aromatic N) is 2. The Bertz CT molecular complexity index is 426. The van der Waals surface area contributed by atoms with Crippen LogP contribution in [0.2, 0.25) is 0 Å². The normalized spacial score (nSPS) is 31.8. The van der Waals surface area contributed by atoms with E-state index in [1.54, 1.807) is 0 Å². The first-order chi connectivity index (χ1) is 9.78. The number of nitrogens with one attached hydrogen (secondary N) is 1. The van der Waals surface area contributed by atoms with E-state index in [4.69, 9.17) is 0 Å². The smallest absolute Gasteiger partial charge is 0.109 e. The molecule has 2 saturated carbocycles. The second kappa shape index (κ2) is 6.30. The van der Waals surface area contributed by atoms with Crippen LogP contribution >= 0.6 is 0 Å². The Morgan fingerprint density at radius 3 is 2.75 bits per heavy atom. The van der Waals surface area contributed by atoms with Gasteiger partial charge in [0, 0.05) is 31.9 Å². The Labute approximate surface area is 123 Å². The lowest BCUT2D eigenvalue weighted by Gasteiger charge is -2.42. The first-order valence-corrected chi connectivity index (χ1v) is 8.41. The van der Waals surface area contributed by atoms with E-state index in [1.165, 1.54) is 50.8 Å². The van der Waals surface area contributed by atoms with Crippen molar-refractivity contribution >= 4 is 0 Å². The quantitative estimate of drug-likeness (QED) is 0.915. The highest BCUT2D eigenvalue weighted by Gasteiger charge is 2.35. The number of aryl methyl sites for hydroxylation is 1. The summed E-state index contributed by atoms with van der Waals surface area (Å²) in [4.78, 5) is 4.50. The largest absolute Gasteiger partial charge is 0.338 e. The summed E-state index contributed by atoms with van der Waals surface area (Å²) in [6.45, 7) is 0. The van der Waals surface area contributed by atoms with Crippen LogP contribution in [0.5, 0.6) is 0 Å². The molecule has 1 heterocycles. The maximum Gasteiger partial charge on any atom is 0.109 e. The molecule has 1 aromatic heterocycles. The van der Waals surface area contributed by atoms with Gasteiger partial charge in [0.25, 0.3) is 0 Å². The van der Waals surface area contributed by atoms with Crippen LogP contribution in [0.25, 0.3) is 0 Å². The molecule has 4 unspecified atom stereocenters. The van der Waals surface area contributed by atoms with Crippen LogP contribution < -0.4 is 5.32 Å². The van der Waals surface area contributed by atoms with Gasteiger partial charge in [0.1, 0.15) is 5.82 Å². The summed E-state index contributed by atoms with van der Waals surface area (Å²) >= 11 is 0. The van der Waals surface area contributed by atoms with E-state index in [0.29, 0.717) is 6.04 Å². The number of aromatic nitrogens is 2. The Hall–Kier alpha value is -0.830. The molecule has 2 aliphatic rings. The zero-order valence-electron chi connectivity index (χ0n) is 13.0. The highest BCUT2D eigenvalue weighted by atomic mass is 15.0. The minimum absolute atomic E-state index is 0.596. The molecule has 0 spiro atoms. The minimum Gasteiger partial charge on any atom is -0.338 e. The van der Waals surface area contributed by atoms with Crippen LogP contribution in [0.15, 0.2) is 12.4 Å². The van der Waals surface area contributed by atoms with E-state index in [9.17, 15) is 0 Å². The van der Waals surface area contributed by atoms with Crippen LogP contribution in [0, 0.1) is 17.8 Å². The van der Waals surface area contributed by atoms with Gasteiger partial charge in [-0.2, -0.15) is 0 Å². The maximum atomic E-state index is 4.50. The van der Waals surface area contributed by atoms with Crippen molar-refractivity contribution in [2.45, 2.75) is 57.4 Å². The van der Waals surface area contributed by atoms with Crippen molar-refractivity contribution in [3.05, 3.63) is 18.2 Å². The summed E-state index contributed by atoms with van der Waals surface area (Å²) in [6, 6.07) is 0.596. The molecule has 4 atom stereocenters. The van der Waals surface area contributed by atoms with Gasteiger partial charge in [0.05, 0.1) is 0 Å². The molecule has 2 aliphatic carbocycles. The average molecular weight is 275 g/mol. The van der Waals surface area contributed by atoms with Crippen molar-refractivity contribution in [1.82, 2.24) is 14.9 Å². The fourth-order valence-corrected chi connectivity index (χ4v) is 4.57. The summed E-state index contributed by atoms with van der Waals surface area (Å²) < 4.78 is 2.16. The van der Waals surface area contributed by atoms with Gasteiger partial charge < -0.3 is 9.88 Å². The molecular weight excluding hydrogens is 246 g/mol. The monoisotopic (exact) mass is 275 g/mol. The zero-order chi connectivity index (χ0) is 13.9. The summed E-state index contributed by atoms with van der Waals surface area (Å²) in [5.41, 5.74) is 0. The van der Waals surface area contributed by atoms with Gasteiger partial charge in [-0.3, -0.25) is 0 Å². The number of fused-ring (bicyclic) bond motifs is 1. The Morgan fingerprint density at radius 2 is 2.05 bits per heavy atom. The Balaban J connectivity index is 1.63. The molecule has 0 saturated heterocycles. The third-order valence-electron chi connectivity index (χ3n) is 5.84. The predicted molar refractivity (Wildman–Crippen MR) is 82.5 cm³/mol. The van der Waals surface area contributed by atoms with Crippen LogP contribution in [0.4, 0.5) is 0 Å². The number of imidazole rings is 1. The van der Waals surface area contributed by atoms with E-state index >= 15 is 0 Å². The van der Waals surface area contributed by atoms with Crippen molar-refractivity contribution in [3.8, 4) is 0 Å². The molecule has 20 heavy (non-hydrogen) atoms. The van der Waals surface area contributed by atoms with Crippen molar-refractivity contribution in [2.24, 2.45) is 24.8 Å². The topological polar surface area (TPSA) is 29.9 Å². The summed E-state index contributed by atoms with van der Waals surface area (Å²) in [7, 11) is 4.23. The molecular formula is C17H29N3. The fourth-order valence-electron chi connectivity index (χ4n) is 4.57. The molecule has 2 fully saturated rings. The maximum absolute atomic E-state index is 4.50. The van der Waals surface area contributed by atoms with E-state index in [2.05, 4.69) is 35.2 Å².